The van der Waals surface area contributed by atoms with Crippen molar-refractivity contribution in [2.75, 3.05) is 6.61 Å². The maximum Gasteiger partial charge on any atom is 1.00 e. The Morgan fingerprint density at radius 2 is 2.17 bits per heavy atom. The molecule has 0 saturated heterocycles. The van der Waals surface area contributed by atoms with Gasteiger partial charge in [-0.25, -0.2) is 13.6 Å². The zero-order valence-electron chi connectivity index (χ0n) is 6.84. The molecule has 6 heteroatoms. The number of allylic oxidation sites excluding steroid dienone is 1. The van der Waals surface area contributed by atoms with Crippen LogP contribution in [0.25, 0.3) is 0 Å². The molecule has 3 nitrogen and oxygen atoms in total. The van der Waals surface area contributed by atoms with E-state index in [1.807, 2.05) is 0 Å². The van der Waals surface area contributed by atoms with Gasteiger partial charge >= 0.3 is 35.5 Å². The molecule has 0 bridgehead atoms. The predicted molar refractivity (Wildman–Crippen MR) is 30.7 cm³/mol. The first-order chi connectivity index (χ1) is 5.07. The Kier molecular flexibility index (Phi) is 9.02. The van der Waals surface area contributed by atoms with Gasteiger partial charge in [0.25, 0.3) is 0 Å². The van der Waals surface area contributed by atoms with Crippen LogP contribution < -0.4 is 34.7 Å². The number of hydrogen-bond donors (Lipinski definition) is 0. The van der Waals surface area contributed by atoms with Gasteiger partial charge in [-0.05, 0) is 6.92 Å². The summed E-state index contributed by atoms with van der Waals surface area (Å²) in [6, 6.07) is 0. The van der Waals surface area contributed by atoms with E-state index in [1.54, 1.807) is 0 Å². The number of hydrogen-bond acceptors (Lipinski definition) is 3. The third-order valence-electron chi connectivity index (χ3n) is 0.762. The molecule has 0 fully saturated rings. The molecule has 0 aliphatic carbocycles. The topological polar surface area (TPSA) is 49.4 Å². The van der Waals surface area contributed by atoms with Crippen molar-refractivity contribution in [3.05, 3.63) is 11.8 Å². The predicted octanol–water partition coefficient (Wildman–Crippen LogP) is -2.94. The Morgan fingerprint density at radius 1 is 1.67 bits per heavy atom. The van der Waals surface area contributed by atoms with E-state index in [0.29, 0.717) is 0 Å². The summed E-state index contributed by atoms with van der Waals surface area (Å²) in [7, 11) is 0. The van der Waals surface area contributed by atoms with Crippen LogP contribution in [0.3, 0.4) is 0 Å². The third kappa shape index (κ3) is 6.57. The molecule has 0 radical (unpaired) electrons. The number of halogens is 2. The van der Waals surface area contributed by atoms with Crippen LogP contribution in [0.5, 0.6) is 0 Å². The van der Waals surface area contributed by atoms with Crippen LogP contribution in [-0.2, 0) is 9.53 Å². The zero-order chi connectivity index (χ0) is 8.85. The first-order valence-corrected chi connectivity index (χ1v) is 2.91. The van der Waals surface area contributed by atoms with Crippen LogP contribution in [0.2, 0.25) is 0 Å². The molecule has 0 aromatic heterocycles. The minimum Gasteiger partial charge on any atom is -0.871 e. The number of ether oxygens (including phenoxy) is 1. The van der Waals surface area contributed by atoms with Crippen molar-refractivity contribution >= 4 is 5.97 Å². The molecule has 0 aliphatic heterocycles. The van der Waals surface area contributed by atoms with Crippen molar-refractivity contribution < 1.29 is 53.0 Å². The molecule has 12 heavy (non-hydrogen) atoms. The average molecular weight is 188 g/mol. The molecule has 0 aromatic carbocycles. The van der Waals surface area contributed by atoms with E-state index >= 15 is 0 Å². The Balaban J connectivity index is 0. The van der Waals surface area contributed by atoms with Crippen LogP contribution in [-0.4, -0.2) is 19.0 Å². The number of esters is 1. The summed E-state index contributed by atoms with van der Waals surface area (Å²) >= 11 is 0. The average Bonchev–Trinajstić information content (AvgIpc) is 1.87. The molecule has 0 unspecified atom stereocenters. The molecule has 0 N–H and O–H groups in total. The molecule has 0 spiro atoms. The summed E-state index contributed by atoms with van der Waals surface area (Å²) < 4.78 is 27.1. The number of carbonyl (C=O) groups excluding carboxylic acids is 1. The SMILES string of the molecule is CCOC(=O)/C=C(\[O-])C(F)F.[Na+]. The van der Waals surface area contributed by atoms with Gasteiger partial charge in [-0.3, -0.25) is 0 Å². The molecule has 0 aromatic rings. The zero-order valence-corrected chi connectivity index (χ0v) is 8.84. The minimum atomic E-state index is -3.14. The van der Waals surface area contributed by atoms with Crippen molar-refractivity contribution in [2.45, 2.75) is 13.3 Å². The number of rotatable bonds is 3. The van der Waals surface area contributed by atoms with Crippen molar-refractivity contribution in [2.24, 2.45) is 0 Å². The van der Waals surface area contributed by atoms with Gasteiger partial charge in [0, 0.05) is 6.08 Å². The van der Waals surface area contributed by atoms with Crippen LogP contribution in [0.1, 0.15) is 6.92 Å². The van der Waals surface area contributed by atoms with Gasteiger partial charge < -0.3 is 9.84 Å². The van der Waals surface area contributed by atoms with Crippen molar-refractivity contribution in [1.29, 1.82) is 0 Å². The number of carbonyl (C=O) groups is 1. The fourth-order valence-electron chi connectivity index (χ4n) is 0.363. The van der Waals surface area contributed by atoms with Gasteiger partial charge in [0.2, 0.25) is 6.43 Å². The summed E-state index contributed by atoms with van der Waals surface area (Å²) in [6.45, 7) is 1.57. The first-order valence-electron chi connectivity index (χ1n) is 2.91. The van der Waals surface area contributed by atoms with E-state index in [4.69, 9.17) is 0 Å². The van der Waals surface area contributed by atoms with Crippen LogP contribution in [0, 0.1) is 0 Å². The maximum absolute atomic E-state index is 11.4. The summed E-state index contributed by atoms with van der Waals surface area (Å²) in [5.41, 5.74) is 0. The summed E-state index contributed by atoms with van der Waals surface area (Å²) in [4.78, 5) is 10.3. The van der Waals surface area contributed by atoms with Crippen LogP contribution in [0.15, 0.2) is 11.8 Å². The molecule has 0 amide bonds. The van der Waals surface area contributed by atoms with E-state index in [0.717, 1.165) is 0 Å². The van der Waals surface area contributed by atoms with Gasteiger partial charge in [-0.2, -0.15) is 0 Å². The summed E-state index contributed by atoms with van der Waals surface area (Å²) in [6.07, 6.45) is -2.90. The Labute approximate surface area is 90.7 Å². The molecular weight excluding hydrogens is 181 g/mol. The van der Waals surface area contributed by atoms with E-state index in [1.165, 1.54) is 6.92 Å². The second-order valence-corrected chi connectivity index (χ2v) is 1.60. The van der Waals surface area contributed by atoms with Crippen molar-refractivity contribution in [1.82, 2.24) is 0 Å². The molecule has 0 heterocycles. The maximum atomic E-state index is 11.4. The molecule has 64 valence electrons. The quantitative estimate of drug-likeness (QED) is 0.206. The van der Waals surface area contributed by atoms with E-state index in [2.05, 4.69) is 4.74 Å². The Morgan fingerprint density at radius 3 is 2.50 bits per heavy atom. The van der Waals surface area contributed by atoms with Gasteiger partial charge in [-0.15, -0.1) is 0 Å². The molecular formula is C6H7F2NaO3. The summed E-state index contributed by atoms with van der Waals surface area (Å²) in [5.74, 6) is -2.55. The first kappa shape index (κ1) is 14.4. The van der Waals surface area contributed by atoms with Gasteiger partial charge in [0.1, 0.15) is 0 Å². The smallest absolute Gasteiger partial charge is 0.871 e. The second kappa shape index (κ2) is 7.52. The van der Waals surface area contributed by atoms with E-state index in [9.17, 15) is 18.7 Å². The van der Waals surface area contributed by atoms with Gasteiger partial charge in [0.15, 0.2) is 0 Å². The van der Waals surface area contributed by atoms with Gasteiger partial charge in [0.05, 0.1) is 6.61 Å². The van der Waals surface area contributed by atoms with E-state index < -0.39 is 18.2 Å². The monoisotopic (exact) mass is 188 g/mol. The molecule has 0 saturated carbocycles. The molecule has 0 atom stereocenters. The largest absolute Gasteiger partial charge is 1.00 e. The van der Waals surface area contributed by atoms with Gasteiger partial charge in [-0.1, -0.05) is 5.76 Å². The molecule has 0 rings (SSSR count). The van der Waals surface area contributed by atoms with Crippen LogP contribution >= 0.6 is 0 Å². The molecule has 0 aliphatic rings. The third-order valence-corrected chi connectivity index (χ3v) is 0.762. The van der Waals surface area contributed by atoms with Crippen LogP contribution in [0.4, 0.5) is 8.78 Å². The summed E-state index contributed by atoms with van der Waals surface area (Å²) in [5, 5.41) is 10.1. The Bertz CT molecular complexity index is 170. The fraction of sp³-hybridized carbons (Fsp3) is 0.500. The van der Waals surface area contributed by atoms with Crippen molar-refractivity contribution in [3.8, 4) is 0 Å². The van der Waals surface area contributed by atoms with E-state index in [-0.39, 0.29) is 42.2 Å². The standard InChI is InChI=1S/C6H8F2O3.Na/c1-2-11-5(10)3-4(9)6(7)8;/h3,6,9H,2H2,1H3;/q;+1/p-1/b4-3-;. The second-order valence-electron chi connectivity index (χ2n) is 1.60. The van der Waals surface area contributed by atoms with Crippen molar-refractivity contribution in [3.63, 3.8) is 0 Å². The fourth-order valence-corrected chi connectivity index (χ4v) is 0.363. The minimum absolute atomic E-state index is 0. The normalized spacial score (nSPS) is 10.8. The number of alkyl halides is 2. The Hall–Kier alpha value is -0.130.